The van der Waals surface area contributed by atoms with Gasteiger partial charge in [0.05, 0.1) is 6.54 Å². The molecule has 0 N–H and O–H groups in total. The average Bonchev–Trinajstić information content (AvgIpc) is 3.28. The molecule has 1 saturated carbocycles. The second-order valence-corrected chi connectivity index (χ2v) is 7.76. The largest absolute Gasteiger partial charge is 0.419 e. The lowest BCUT2D eigenvalue weighted by atomic mass is 9.85. The maximum Gasteiger partial charge on any atom is 0.247 e. The Bertz CT molecular complexity index is 801. The number of hydrogen-bond donors (Lipinski definition) is 0. The number of nitrogens with zero attached hydrogens (tertiary/aromatic N) is 4. The van der Waals surface area contributed by atoms with E-state index in [9.17, 15) is 4.79 Å². The third-order valence-electron chi connectivity index (χ3n) is 6.07. The number of carbonyl (C=O) groups excluding carboxylic acids is 1. The molecular weight excluding hydrogens is 328 g/mol. The normalized spacial score (nSPS) is 26.8. The van der Waals surface area contributed by atoms with Crippen molar-refractivity contribution >= 4 is 5.91 Å². The molecule has 1 unspecified atom stereocenters. The van der Waals surface area contributed by atoms with E-state index in [-0.39, 0.29) is 5.54 Å². The molecule has 1 aliphatic carbocycles. The number of piperidine rings is 1. The van der Waals surface area contributed by atoms with Crippen molar-refractivity contribution in [2.24, 2.45) is 0 Å². The summed E-state index contributed by atoms with van der Waals surface area (Å²) in [7, 11) is 0. The maximum atomic E-state index is 13.3. The molecule has 3 heterocycles. The SMILES string of the molecule is O=C1N(C2CC2)CCCC12CCCN2Cc1nnc(-c2ccccc2)o1. The monoisotopic (exact) mass is 352 g/mol. The molecule has 2 aromatic rings. The standard InChI is InChI=1S/C20H24N4O2/c25-19-20(11-5-13-24(19)16-8-9-16)10-4-12-23(20)14-17-21-22-18(26-17)15-6-2-1-3-7-15/h1-3,6-7,16H,4-5,8-14H2. The zero-order valence-electron chi connectivity index (χ0n) is 14.9. The van der Waals surface area contributed by atoms with Crippen LogP contribution in [0.3, 0.4) is 0 Å². The van der Waals surface area contributed by atoms with Crippen molar-refractivity contribution in [2.75, 3.05) is 13.1 Å². The summed E-state index contributed by atoms with van der Waals surface area (Å²) in [6.45, 7) is 2.41. The maximum absolute atomic E-state index is 13.3. The molecule has 0 radical (unpaired) electrons. The second kappa shape index (κ2) is 6.20. The van der Waals surface area contributed by atoms with Crippen molar-refractivity contribution in [3.8, 4) is 11.5 Å². The zero-order chi connectivity index (χ0) is 17.6. The lowest BCUT2D eigenvalue weighted by Crippen LogP contribution is -2.60. The summed E-state index contributed by atoms with van der Waals surface area (Å²) >= 11 is 0. The van der Waals surface area contributed by atoms with Gasteiger partial charge in [0.2, 0.25) is 17.7 Å². The van der Waals surface area contributed by atoms with E-state index in [1.807, 2.05) is 30.3 Å². The van der Waals surface area contributed by atoms with Crippen molar-refractivity contribution in [3.63, 3.8) is 0 Å². The molecule has 26 heavy (non-hydrogen) atoms. The highest BCUT2D eigenvalue weighted by Crippen LogP contribution is 2.42. The van der Waals surface area contributed by atoms with Crippen LogP contribution in [0.25, 0.3) is 11.5 Å². The quantitative estimate of drug-likeness (QED) is 0.847. The molecule has 3 fully saturated rings. The lowest BCUT2D eigenvalue weighted by Gasteiger charge is -2.44. The average molecular weight is 352 g/mol. The first-order chi connectivity index (χ1) is 12.8. The molecule has 1 aromatic heterocycles. The van der Waals surface area contributed by atoms with Crippen LogP contribution in [0, 0.1) is 0 Å². The zero-order valence-corrected chi connectivity index (χ0v) is 14.9. The molecule has 5 rings (SSSR count). The smallest absolute Gasteiger partial charge is 0.247 e. The van der Waals surface area contributed by atoms with Crippen molar-refractivity contribution < 1.29 is 9.21 Å². The number of benzene rings is 1. The van der Waals surface area contributed by atoms with E-state index in [2.05, 4.69) is 20.0 Å². The molecule has 1 atom stereocenters. The van der Waals surface area contributed by atoms with Gasteiger partial charge in [-0.05, 0) is 57.2 Å². The van der Waals surface area contributed by atoms with E-state index in [1.54, 1.807) is 0 Å². The van der Waals surface area contributed by atoms with Gasteiger partial charge in [-0.3, -0.25) is 9.69 Å². The van der Waals surface area contributed by atoms with Crippen LogP contribution in [-0.2, 0) is 11.3 Å². The topological polar surface area (TPSA) is 62.5 Å². The Hall–Kier alpha value is -2.21. The third kappa shape index (κ3) is 2.63. The summed E-state index contributed by atoms with van der Waals surface area (Å²) in [5.74, 6) is 1.48. The van der Waals surface area contributed by atoms with Gasteiger partial charge in [0.25, 0.3) is 0 Å². The van der Waals surface area contributed by atoms with Gasteiger partial charge in [-0.2, -0.15) is 0 Å². The highest BCUT2D eigenvalue weighted by atomic mass is 16.4. The Labute approximate surface area is 153 Å². The number of hydrogen-bond acceptors (Lipinski definition) is 5. The van der Waals surface area contributed by atoms with Crippen molar-refractivity contribution in [2.45, 2.75) is 56.7 Å². The first-order valence-electron chi connectivity index (χ1n) is 9.70. The summed E-state index contributed by atoms with van der Waals surface area (Å²) in [5.41, 5.74) is 0.582. The van der Waals surface area contributed by atoms with Crippen molar-refractivity contribution in [1.82, 2.24) is 20.0 Å². The summed E-state index contributed by atoms with van der Waals surface area (Å²) < 4.78 is 5.90. The van der Waals surface area contributed by atoms with Crippen LogP contribution in [0.15, 0.2) is 34.7 Å². The minimum absolute atomic E-state index is 0.339. The summed E-state index contributed by atoms with van der Waals surface area (Å²) in [5, 5.41) is 8.44. The minimum Gasteiger partial charge on any atom is -0.419 e. The van der Waals surface area contributed by atoms with Crippen LogP contribution in [-0.4, -0.2) is 50.6 Å². The molecule has 1 amide bonds. The molecule has 1 aromatic carbocycles. The fraction of sp³-hybridized carbons (Fsp3) is 0.550. The van der Waals surface area contributed by atoms with E-state index in [1.165, 1.54) is 12.8 Å². The number of rotatable bonds is 4. The van der Waals surface area contributed by atoms with E-state index < -0.39 is 0 Å². The fourth-order valence-electron chi connectivity index (χ4n) is 4.62. The fourth-order valence-corrected chi connectivity index (χ4v) is 4.62. The van der Waals surface area contributed by atoms with Gasteiger partial charge in [-0.25, -0.2) is 0 Å². The Morgan fingerprint density at radius 1 is 1.08 bits per heavy atom. The number of likely N-dealkylation sites (tertiary alicyclic amines) is 2. The number of amides is 1. The van der Waals surface area contributed by atoms with Gasteiger partial charge in [0.1, 0.15) is 5.54 Å². The third-order valence-corrected chi connectivity index (χ3v) is 6.07. The molecular formula is C20H24N4O2. The second-order valence-electron chi connectivity index (χ2n) is 7.76. The van der Waals surface area contributed by atoms with Gasteiger partial charge >= 0.3 is 0 Å². The summed E-state index contributed by atoms with van der Waals surface area (Å²) in [6.07, 6.45) is 6.41. The van der Waals surface area contributed by atoms with Gasteiger partial charge in [-0.1, -0.05) is 18.2 Å². The van der Waals surface area contributed by atoms with Gasteiger partial charge in [0.15, 0.2) is 0 Å². The van der Waals surface area contributed by atoms with Crippen LogP contribution in [0.1, 0.15) is 44.4 Å². The number of carbonyl (C=O) groups is 1. The highest BCUT2D eigenvalue weighted by Gasteiger charge is 2.53. The van der Waals surface area contributed by atoms with Crippen molar-refractivity contribution in [3.05, 3.63) is 36.2 Å². The molecule has 2 aliphatic heterocycles. The molecule has 6 heteroatoms. The summed E-state index contributed by atoms with van der Waals surface area (Å²) in [6, 6.07) is 10.3. The summed E-state index contributed by atoms with van der Waals surface area (Å²) in [4.78, 5) is 17.7. The van der Waals surface area contributed by atoms with Crippen LogP contribution in [0.4, 0.5) is 0 Å². The Balaban J connectivity index is 1.36. The van der Waals surface area contributed by atoms with Crippen molar-refractivity contribution in [1.29, 1.82) is 0 Å². The van der Waals surface area contributed by atoms with E-state index in [4.69, 9.17) is 4.42 Å². The van der Waals surface area contributed by atoms with Crippen LogP contribution in [0.5, 0.6) is 0 Å². The van der Waals surface area contributed by atoms with E-state index in [0.717, 1.165) is 44.3 Å². The highest BCUT2D eigenvalue weighted by molar-refractivity contribution is 5.88. The predicted octanol–water partition coefficient (Wildman–Crippen LogP) is 2.86. The minimum atomic E-state index is -0.345. The first-order valence-corrected chi connectivity index (χ1v) is 9.70. The number of aromatic nitrogens is 2. The van der Waals surface area contributed by atoms with E-state index >= 15 is 0 Å². The Morgan fingerprint density at radius 3 is 2.62 bits per heavy atom. The lowest BCUT2D eigenvalue weighted by molar-refractivity contribution is -0.148. The Kier molecular flexibility index (Phi) is 3.81. The van der Waals surface area contributed by atoms with Crippen LogP contribution < -0.4 is 0 Å². The van der Waals surface area contributed by atoms with Gasteiger partial charge < -0.3 is 9.32 Å². The van der Waals surface area contributed by atoms with Gasteiger partial charge in [-0.15, -0.1) is 10.2 Å². The molecule has 136 valence electrons. The molecule has 0 bridgehead atoms. The Morgan fingerprint density at radius 2 is 1.85 bits per heavy atom. The first kappa shape index (κ1) is 16.0. The van der Waals surface area contributed by atoms with Gasteiger partial charge in [0, 0.05) is 18.2 Å². The molecule has 2 saturated heterocycles. The van der Waals surface area contributed by atoms with E-state index in [0.29, 0.717) is 30.3 Å². The van der Waals surface area contributed by atoms with Crippen LogP contribution in [0.2, 0.25) is 0 Å². The molecule has 3 aliphatic rings. The van der Waals surface area contributed by atoms with Crippen LogP contribution >= 0.6 is 0 Å². The molecule has 1 spiro atoms. The predicted molar refractivity (Wildman–Crippen MR) is 96.1 cm³/mol. The molecule has 6 nitrogen and oxygen atoms in total.